The van der Waals surface area contributed by atoms with Crippen LogP contribution in [0.1, 0.15) is 51.4 Å². The number of esters is 2. The summed E-state index contributed by atoms with van der Waals surface area (Å²) in [4.78, 5) is 34.4. The van der Waals surface area contributed by atoms with Gasteiger partial charge in [-0.25, -0.2) is 4.79 Å². The molecule has 0 bridgehead atoms. The predicted octanol–water partition coefficient (Wildman–Crippen LogP) is 2.12. The van der Waals surface area contributed by atoms with Gasteiger partial charge in [-0.1, -0.05) is 25.3 Å². The summed E-state index contributed by atoms with van der Waals surface area (Å²) in [5.74, 6) is -1.27. The zero-order valence-electron chi connectivity index (χ0n) is 13.6. The second-order valence-electron chi connectivity index (χ2n) is 5.00. The fourth-order valence-electron chi connectivity index (χ4n) is 1.97. The lowest BCUT2D eigenvalue weighted by Crippen LogP contribution is -2.41. The van der Waals surface area contributed by atoms with Crippen LogP contribution in [0.4, 0.5) is 0 Å². The van der Waals surface area contributed by atoms with Gasteiger partial charge < -0.3 is 14.8 Å². The van der Waals surface area contributed by atoms with Crippen molar-refractivity contribution in [2.24, 2.45) is 0 Å². The van der Waals surface area contributed by atoms with Crippen LogP contribution in [0.25, 0.3) is 0 Å². The first-order chi connectivity index (χ1) is 10.5. The first kappa shape index (κ1) is 20.1. The zero-order chi connectivity index (χ0) is 16.8. The van der Waals surface area contributed by atoms with Gasteiger partial charge in [-0.2, -0.15) is 0 Å². The van der Waals surface area contributed by atoms with Crippen molar-refractivity contribution >= 4 is 17.8 Å². The standard InChI is InChI=1S/C16H27NO5/c1-4-5-6-7-8-9-10-13(16(20)22-3)17-14(18)11-12-15(19)21-2/h4,13H,1,5-12H2,2-3H3,(H,17,18)/t13-/m1/s1. The Labute approximate surface area is 132 Å². The number of nitrogens with one attached hydrogen (secondary N) is 1. The Hall–Kier alpha value is -1.85. The summed E-state index contributed by atoms with van der Waals surface area (Å²) in [5.41, 5.74) is 0. The first-order valence-electron chi connectivity index (χ1n) is 7.60. The summed E-state index contributed by atoms with van der Waals surface area (Å²) < 4.78 is 9.17. The molecule has 0 rings (SSSR count). The van der Waals surface area contributed by atoms with Crippen molar-refractivity contribution in [3.05, 3.63) is 12.7 Å². The van der Waals surface area contributed by atoms with Gasteiger partial charge in [-0.05, 0) is 19.3 Å². The molecule has 0 saturated heterocycles. The van der Waals surface area contributed by atoms with Crippen molar-refractivity contribution in [2.45, 2.75) is 57.4 Å². The second kappa shape index (κ2) is 12.9. The smallest absolute Gasteiger partial charge is 0.328 e. The number of carbonyl (C=O) groups is 3. The first-order valence-corrected chi connectivity index (χ1v) is 7.60. The van der Waals surface area contributed by atoms with Crippen LogP contribution < -0.4 is 5.32 Å². The molecule has 126 valence electrons. The average Bonchev–Trinajstić information content (AvgIpc) is 2.53. The van der Waals surface area contributed by atoms with E-state index in [0.717, 1.165) is 32.1 Å². The van der Waals surface area contributed by atoms with Gasteiger partial charge in [0.05, 0.1) is 20.6 Å². The summed E-state index contributed by atoms with van der Waals surface area (Å²) in [6, 6.07) is -0.658. The third kappa shape index (κ3) is 9.96. The van der Waals surface area contributed by atoms with E-state index in [-0.39, 0.29) is 18.7 Å². The van der Waals surface area contributed by atoms with Crippen LogP contribution in [0.5, 0.6) is 0 Å². The molecular weight excluding hydrogens is 286 g/mol. The van der Waals surface area contributed by atoms with Gasteiger partial charge in [-0.15, -0.1) is 6.58 Å². The number of hydrogen-bond acceptors (Lipinski definition) is 5. The summed E-state index contributed by atoms with van der Waals surface area (Å²) in [6.07, 6.45) is 7.37. The Balaban J connectivity index is 4.11. The van der Waals surface area contributed by atoms with Crippen molar-refractivity contribution in [3.63, 3.8) is 0 Å². The highest BCUT2D eigenvalue weighted by Gasteiger charge is 2.21. The van der Waals surface area contributed by atoms with E-state index in [4.69, 9.17) is 4.74 Å². The Morgan fingerprint density at radius 1 is 1.05 bits per heavy atom. The fraction of sp³-hybridized carbons (Fsp3) is 0.688. The molecule has 1 N–H and O–H groups in total. The summed E-state index contributed by atoms with van der Waals surface area (Å²) in [7, 11) is 2.56. The topological polar surface area (TPSA) is 81.7 Å². The van der Waals surface area contributed by atoms with E-state index in [9.17, 15) is 14.4 Å². The lowest BCUT2D eigenvalue weighted by atomic mass is 10.1. The third-order valence-electron chi connectivity index (χ3n) is 3.26. The minimum Gasteiger partial charge on any atom is -0.469 e. The van der Waals surface area contributed by atoms with Gasteiger partial charge in [0.15, 0.2) is 0 Å². The van der Waals surface area contributed by atoms with Crippen molar-refractivity contribution in [2.75, 3.05) is 14.2 Å². The molecular formula is C16H27NO5. The zero-order valence-corrected chi connectivity index (χ0v) is 13.6. The van der Waals surface area contributed by atoms with Gasteiger partial charge in [-0.3, -0.25) is 9.59 Å². The molecule has 0 fully saturated rings. The van der Waals surface area contributed by atoms with E-state index in [1.54, 1.807) is 0 Å². The lowest BCUT2D eigenvalue weighted by molar-refractivity contribution is -0.145. The van der Waals surface area contributed by atoms with Gasteiger partial charge in [0.2, 0.25) is 5.91 Å². The molecule has 0 aliphatic rings. The van der Waals surface area contributed by atoms with Gasteiger partial charge >= 0.3 is 11.9 Å². The molecule has 22 heavy (non-hydrogen) atoms. The minimum atomic E-state index is -0.658. The van der Waals surface area contributed by atoms with Crippen molar-refractivity contribution in [1.82, 2.24) is 5.32 Å². The highest BCUT2D eigenvalue weighted by atomic mass is 16.5. The largest absolute Gasteiger partial charge is 0.469 e. The molecule has 1 atom stereocenters. The molecule has 0 aliphatic carbocycles. The second-order valence-corrected chi connectivity index (χ2v) is 5.00. The van der Waals surface area contributed by atoms with E-state index >= 15 is 0 Å². The highest BCUT2D eigenvalue weighted by molar-refractivity contribution is 5.86. The molecule has 0 aliphatic heterocycles. The van der Waals surface area contributed by atoms with Crippen molar-refractivity contribution < 1.29 is 23.9 Å². The Morgan fingerprint density at radius 3 is 2.32 bits per heavy atom. The SMILES string of the molecule is C=CCCCCCC[C@@H](NC(=O)CCC(=O)OC)C(=O)OC. The number of ether oxygens (including phenoxy) is 2. The maximum Gasteiger partial charge on any atom is 0.328 e. The summed E-state index contributed by atoms with van der Waals surface area (Å²) >= 11 is 0. The van der Waals surface area contributed by atoms with Gasteiger partial charge in [0, 0.05) is 6.42 Å². The maximum atomic E-state index is 11.7. The highest BCUT2D eigenvalue weighted by Crippen LogP contribution is 2.09. The molecule has 0 saturated carbocycles. The summed E-state index contributed by atoms with van der Waals surface area (Å²) in [6.45, 7) is 3.67. The van der Waals surface area contributed by atoms with Crippen LogP contribution in [-0.4, -0.2) is 38.1 Å². The van der Waals surface area contributed by atoms with Gasteiger partial charge in [0.1, 0.15) is 6.04 Å². The van der Waals surface area contributed by atoms with E-state index in [1.807, 2.05) is 6.08 Å². The number of rotatable bonds is 12. The average molecular weight is 313 g/mol. The van der Waals surface area contributed by atoms with Crippen molar-refractivity contribution in [3.8, 4) is 0 Å². The number of unbranched alkanes of at least 4 members (excludes halogenated alkanes) is 4. The number of methoxy groups -OCH3 is 2. The molecule has 0 aromatic carbocycles. The Bertz CT molecular complexity index is 368. The Kier molecular flexibility index (Phi) is 11.8. The molecule has 0 heterocycles. The Morgan fingerprint density at radius 2 is 1.73 bits per heavy atom. The monoisotopic (exact) mass is 313 g/mol. The molecule has 0 aromatic heterocycles. The van der Waals surface area contributed by atoms with Gasteiger partial charge in [0.25, 0.3) is 0 Å². The van der Waals surface area contributed by atoms with Crippen LogP contribution in [0.2, 0.25) is 0 Å². The lowest BCUT2D eigenvalue weighted by Gasteiger charge is -2.16. The van der Waals surface area contributed by atoms with E-state index in [0.29, 0.717) is 6.42 Å². The molecule has 6 nitrogen and oxygen atoms in total. The number of carbonyl (C=O) groups excluding carboxylic acids is 3. The predicted molar refractivity (Wildman–Crippen MR) is 83.1 cm³/mol. The molecule has 0 radical (unpaired) electrons. The third-order valence-corrected chi connectivity index (χ3v) is 3.26. The van der Waals surface area contributed by atoms with Crippen LogP contribution in [0.15, 0.2) is 12.7 Å². The molecule has 0 unspecified atom stereocenters. The quantitative estimate of drug-likeness (QED) is 0.339. The fourth-order valence-corrected chi connectivity index (χ4v) is 1.97. The van der Waals surface area contributed by atoms with Crippen LogP contribution in [0, 0.1) is 0 Å². The number of amides is 1. The molecule has 0 spiro atoms. The molecule has 6 heteroatoms. The minimum absolute atomic E-state index is 0.000494. The van der Waals surface area contributed by atoms with Crippen LogP contribution in [0.3, 0.4) is 0 Å². The summed E-state index contributed by atoms with van der Waals surface area (Å²) in [5, 5.41) is 2.61. The van der Waals surface area contributed by atoms with Crippen LogP contribution >= 0.6 is 0 Å². The van der Waals surface area contributed by atoms with E-state index in [2.05, 4.69) is 16.6 Å². The number of hydrogen-bond donors (Lipinski definition) is 1. The normalized spacial score (nSPS) is 11.4. The van der Waals surface area contributed by atoms with E-state index < -0.39 is 18.0 Å². The van der Waals surface area contributed by atoms with Crippen LogP contribution in [-0.2, 0) is 23.9 Å². The molecule has 1 amide bonds. The van der Waals surface area contributed by atoms with Crippen molar-refractivity contribution in [1.29, 1.82) is 0 Å². The number of allylic oxidation sites excluding steroid dienone is 1. The molecule has 0 aromatic rings. The van der Waals surface area contributed by atoms with E-state index in [1.165, 1.54) is 14.2 Å². The maximum absolute atomic E-state index is 11.7.